The van der Waals surface area contributed by atoms with Crippen LogP contribution in [0.25, 0.3) is 0 Å². The molecule has 0 radical (unpaired) electrons. The topological polar surface area (TPSA) is 24.9 Å². The number of aromatic nitrogens is 1. The van der Waals surface area contributed by atoms with E-state index in [0.29, 0.717) is 12.0 Å². The van der Waals surface area contributed by atoms with Crippen molar-refractivity contribution >= 4 is 5.69 Å². The highest BCUT2D eigenvalue weighted by atomic mass is 14.9. The molecule has 0 aliphatic rings. The lowest BCUT2D eigenvalue weighted by Gasteiger charge is -2.18. The fourth-order valence-electron chi connectivity index (χ4n) is 0.983. The van der Waals surface area contributed by atoms with E-state index in [-0.39, 0.29) is 0 Å². The van der Waals surface area contributed by atoms with Crippen LogP contribution in [0, 0.1) is 12.8 Å². The molecule has 1 heterocycles. The van der Waals surface area contributed by atoms with Crippen LogP contribution in [0.4, 0.5) is 5.69 Å². The summed E-state index contributed by atoms with van der Waals surface area (Å²) in [5.41, 5.74) is 2.16. The van der Waals surface area contributed by atoms with Gasteiger partial charge in [-0.25, -0.2) is 0 Å². The first-order valence-corrected chi connectivity index (χ1v) is 4.79. The minimum Gasteiger partial charge on any atom is -0.381 e. The van der Waals surface area contributed by atoms with E-state index in [1.54, 1.807) is 0 Å². The molecule has 13 heavy (non-hydrogen) atoms. The van der Waals surface area contributed by atoms with Crippen molar-refractivity contribution in [2.24, 2.45) is 5.92 Å². The van der Waals surface area contributed by atoms with Gasteiger partial charge in [0.25, 0.3) is 0 Å². The molecule has 1 N–H and O–H groups in total. The average Bonchev–Trinajstić information content (AvgIpc) is 2.08. The Morgan fingerprint density at radius 1 is 1.23 bits per heavy atom. The SMILES string of the molecule is Cc1ccc(N[C@H](C)C(C)C)cn1. The Hall–Kier alpha value is -1.05. The number of hydrogen-bond donors (Lipinski definition) is 1. The van der Waals surface area contributed by atoms with Gasteiger partial charge in [-0.2, -0.15) is 0 Å². The highest BCUT2D eigenvalue weighted by molar-refractivity contribution is 5.41. The van der Waals surface area contributed by atoms with E-state index in [1.807, 2.05) is 19.2 Å². The molecule has 0 unspecified atom stereocenters. The van der Waals surface area contributed by atoms with Gasteiger partial charge in [0, 0.05) is 11.7 Å². The monoisotopic (exact) mass is 178 g/mol. The van der Waals surface area contributed by atoms with Crippen LogP contribution >= 0.6 is 0 Å². The molecule has 0 aliphatic heterocycles. The molecule has 0 saturated carbocycles. The summed E-state index contributed by atoms with van der Waals surface area (Å²) in [5, 5.41) is 3.41. The third-order valence-corrected chi connectivity index (χ3v) is 2.31. The van der Waals surface area contributed by atoms with Crippen LogP contribution in [-0.4, -0.2) is 11.0 Å². The lowest BCUT2D eigenvalue weighted by molar-refractivity contribution is 0.560. The molecule has 0 aromatic carbocycles. The van der Waals surface area contributed by atoms with Gasteiger partial charge in [-0.1, -0.05) is 13.8 Å². The first kappa shape index (κ1) is 10.0. The molecule has 2 nitrogen and oxygen atoms in total. The first-order chi connectivity index (χ1) is 6.09. The molecule has 0 aliphatic carbocycles. The number of nitrogens with one attached hydrogen (secondary N) is 1. The number of rotatable bonds is 3. The highest BCUT2D eigenvalue weighted by Gasteiger charge is 2.05. The predicted molar refractivity (Wildman–Crippen MR) is 56.9 cm³/mol. The van der Waals surface area contributed by atoms with Gasteiger partial charge < -0.3 is 5.32 Å². The summed E-state index contributed by atoms with van der Waals surface area (Å²) in [5.74, 6) is 0.640. The van der Waals surface area contributed by atoms with E-state index in [1.165, 1.54) is 0 Å². The molecule has 1 atom stereocenters. The maximum Gasteiger partial charge on any atom is 0.0529 e. The highest BCUT2D eigenvalue weighted by Crippen LogP contribution is 2.11. The first-order valence-electron chi connectivity index (χ1n) is 4.79. The van der Waals surface area contributed by atoms with E-state index < -0.39 is 0 Å². The number of nitrogens with zero attached hydrogens (tertiary/aromatic N) is 1. The van der Waals surface area contributed by atoms with E-state index in [2.05, 4.69) is 37.1 Å². The van der Waals surface area contributed by atoms with Crippen molar-refractivity contribution in [3.05, 3.63) is 24.0 Å². The Bertz CT molecular complexity index is 251. The normalized spacial score (nSPS) is 13.0. The Morgan fingerprint density at radius 2 is 1.92 bits per heavy atom. The number of anilines is 1. The molecule has 0 fully saturated rings. The van der Waals surface area contributed by atoms with Gasteiger partial charge in [0.05, 0.1) is 11.9 Å². The van der Waals surface area contributed by atoms with Crippen molar-refractivity contribution in [2.75, 3.05) is 5.32 Å². The zero-order chi connectivity index (χ0) is 9.84. The van der Waals surface area contributed by atoms with Crippen LogP contribution in [0.15, 0.2) is 18.3 Å². The third kappa shape index (κ3) is 3.05. The second kappa shape index (κ2) is 4.26. The van der Waals surface area contributed by atoms with E-state index in [0.717, 1.165) is 11.4 Å². The molecule has 0 bridgehead atoms. The quantitative estimate of drug-likeness (QED) is 0.769. The minimum absolute atomic E-state index is 0.490. The summed E-state index contributed by atoms with van der Waals surface area (Å²) in [4.78, 5) is 4.23. The zero-order valence-corrected chi connectivity index (χ0v) is 8.83. The predicted octanol–water partition coefficient (Wildman–Crippen LogP) is 2.85. The number of pyridine rings is 1. The molecule has 72 valence electrons. The van der Waals surface area contributed by atoms with Gasteiger partial charge in [0.15, 0.2) is 0 Å². The standard InChI is InChI=1S/C11H18N2/c1-8(2)10(4)13-11-6-5-9(3)12-7-11/h5-8,10,13H,1-4H3/t10-/m1/s1. The van der Waals surface area contributed by atoms with E-state index in [4.69, 9.17) is 0 Å². The number of aryl methyl sites for hydroxylation is 1. The second-order valence-corrected chi connectivity index (χ2v) is 3.87. The van der Waals surface area contributed by atoms with Crippen LogP contribution < -0.4 is 5.32 Å². The summed E-state index contributed by atoms with van der Waals surface area (Å²) in [6, 6.07) is 4.58. The van der Waals surface area contributed by atoms with Gasteiger partial charge in [-0.3, -0.25) is 4.98 Å². The van der Waals surface area contributed by atoms with Crippen LogP contribution in [0.1, 0.15) is 26.5 Å². The van der Waals surface area contributed by atoms with Crippen molar-refractivity contribution in [3.63, 3.8) is 0 Å². The molecule has 1 aromatic rings. The Morgan fingerprint density at radius 3 is 2.38 bits per heavy atom. The summed E-state index contributed by atoms with van der Waals surface area (Å²) >= 11 is 0. The Balaban J connectivity index is 2.59. The van der Waals surface area contributed by atoms with Gasteiger partial charge in [-0.05, 0) is 31.9 Å². The van der Waals surface area contributed by atoms with Crippen molar-refractivity contribution < 1.29 is 0 Å². The van der Waals surface area contributed by atoms with Crippen molar-refractivity contribution in [1.29, 1.82) is 0 Å². The zero-order valence-electron chi connectivity index (χ0n) is 8.83. The molecule has 1 aromatic heterocycles. The van der Waals surface area contributed by atoms with Gasteiger partial charge in [0.1, 0.15) is 0 Å². The van der Waals surface area contributed by atoms with Crippen molar-refractivity contribution in [1.82, 2.24) is 4.98 Å². The lowest BCUT2D eigenvalue weighted by atomic mass is 10.1. The Labute approximate surface area is 80.4 Å². The Kier molecular flexibility index (Phi) is 3.29. The third-order valence-electron chi connectivity index (χ3n) is 2.31. The average molecular weight is 178 g/mol. The molecule has 0 amide bonds. The van der Waals surface area contributed by atoms with Gasteiger partial charge in [0.2, 0.25) is 0 Å². The summed E-state index contributed by atoms with van der Waals surface area (Å²) < 4.78 is 0. The maximum atomic E-state index is 4.23. The largest absolute Gasteiger partial charge is 0.381 e. The van der Waals surface area contributed by atoms with Crippen LogP contribution in [0.2, 0.25) is 0 Å². The molecule has 0 saturated heterocycles. The molecule has 0 spiro atoms. The number of hydrogen-bond acceptors (Lipinski definition) is 2. The molecule has 1 rings (SSSR count). The maximum absolute atomic E-state index is 4.23. The van der Waals surface area contributed by atoms with Crippen LogP contribution in [0.5, 0.6) is 0 Å². The molecular formula is C11H18N2. The van der Waals surface area contributed by atoms with E-state index >= 15 is 0 Å². The molecular weight excluding hydrogens is 160 g/mol. The van der Waals surface area contributed by atoms with Crippen molar-refractivity contribution in [3.8, 4) is 0 Å². The van der Waals surface area contributed by atoms with Gasteiger partial charge >= 0.3 is 0 Å². The fourth-order valence-corrected chi connectivity index (χ4v) is 0.983. The molecule has 2 heteroatoms. The van der Waals surface area contributed by atoms with E-state index in [9.17, 15) is 0 Å². The second-order valence-electron chi connectivity index (χ2n) is 3.87. The summed E-state index contributed by atoms with van der Waals surface area (Å²) in [6.45, 7) is 8.60. The minimum atomic E-state index is 0.490. The summed E-state index contributed by atoms with van der Waals surface area (Å²) in [6.07, 6.45) is 1.88. The smallest absolute Gasteiger partial charge is 0.0529 e. The van der Waals surface area contributed by atoms with Crippen LogP contribution in [0.3, 0.4) is 0 Å². The van der Waals surface area contributed by atoms with Crippen molar-refractivity contribution in [2.45, 2.75) is 33.7 Å². The van der Waals surface area contributed by atoms with Crippen LogP contribution in [-0.2, 0) is 0 Å². The summed E-state index contributed by atoms with van der Waals surface area (Å²) in [7, 11) is 0. The van der Waals surface area contributed by atoms with Gasteiger partial charge in [-0.15, -0.1) is 0 Å². The fraction of sp³-hybridized carbons (Fsp3) is 0.545. The lowest BCUT2D eigenvalue weighted by Crippen LogP contribution is -2.21.